The standard InChI is InChI=1S/C12H21N3O/c1-6-10-12(13-5)15(9(4)16)11(7-2)8(3)14-10/h11,13H,6-7H2,1-5H3. The Kier molecular flexibility index (Phi) is 4.10. The van der Waals surface area contributed by atoms with Crippen LogP contribution in [0.4, 0.5) is 0 Å². The summed E-state index contributed by atoms with van der Waals surface area (Å²) in [7, 11) is 1.84. The molecule has 0 bridgehead atoms. The number of amides is 1. The van der Waals surface area contributed by atoms with E-state index in [-0.39, 0.29) is 11.9 Å². The maximum absolute atomic E-state index is 11.7. The molecule has 1 N–H and O–H groups in total. The van der Waals surface area contributed by atoms with Crippen LogP contribution < -0.4 is 5.32 Å². The molecule has 1 aliphatic heterocycles. The summed E-state index contributed by atoms with van der Waals surface area (Å²) >= 11 is 0. The molecule has 0 aliphatic carbocycles. The number of carbonyl (C=O) groups is 1. The van der Waals surface area contributed by atoms with E-state index in [9.17, 15) is 4.79 Å². The van der Waals surface area contributed by atoms with Gasteiger partial charge in [-0.2, -0.15) is 0 Å². The number of allylic oxidation sites excluding steroid dienone is 1. The smallest absolute Gasteiger partial charge is 0.225 e. The third kappa shape index (κ3) is 2.10. The fraction of sp³-hybridized carbons (Fsp3) is 0.667. The molecule has 90 valence electrons. The molecule has 0 radical (unpaired) electrons. The van der Waals surface area contributed by atoms with Crippen LogP contribution in [0.5, 0.6) is 0 Å². The molecule has 0 aromatic rings. The molecule has 0 spiro atoms. The van der Waals surface area contributed by atoms with Gasteiger partial charge in [0.1, 0.15) is 5.82 Å². The van der Waals surface area contributed by atoms with Crippen LogP contribution in [-0.2, 0) is 4.79 Å². The third-order valence-corrected chi connectivity index (χ3v) is 2.92. The zero-order chi connectivity index (χ0) is 12.3. The second kappa shape index (κ2) is 5.14. The summed E-state index contributed by atoms with van der Waals surface area (Å²) in [6, 6.07) is 0.0928. The van der Waals surface area contributed by atoms with Crippen LogP contribution >= 0.6 is 0 Å². The lowest BCUT2D eigenvalue weighted by molar-refractivity contribution is -0.128. The number of aliphatic imine (C=N–C) groups is 1. The van der Waals surface area contributed by atoms with E-state index < -0.39 is 0 Å². The van der Waals surface area contributed by atoms with Crippen molar-refractivity contribution in [3.63, 3.8) is 0 Å². The van der Waals surface area contributed by atoms with Gasteiger partial charge in [-0.1, -0.05) is 13.8 Å². The van der Waals surface area contributed by atoms with E-state index in [2.05, 4.69) is 17.2 Å². The monoisotopic (exact) mass is 223 g/mol. The molecule has 4 heteroatoms. The highest BCUT2D eigenvalue weighted by atomic mass is 16.2. The van der Waals surface area contributed by atoms with Crippen molar-refractivity contribution < 1.29 is 4.79 Å². The van der Waals surface area contributed by atoms with Crippen molar-refractivity contribution in [2.45, 2.75) is 46.6 Å². The number of nitrogens with zero attached hydrogens (tertiary/aromatic N) is 2. The van der Waals surface area contributed by atoms with Crippen molar-refractivity contribution in [3.05, 3.63) is 11.5 Å². The van der Waals surface area contributed by atoms with E-state index in [1.807, 2.05) is 25.8 Å². The van der Waals surface area contributed by atoms with Gasteiger partial charge in [-0.25, -0.2) is 0 Å². The van der Waals surface area contributed by atoms with Gasteiger partial charge in [0.05, 0.1) is 11.7 Å². The molecule has 0 saturated carbocycles. The first kappa shape index (κ1) is 12.7. The first-order valence-corrected chi connectivity index (χ1v) is 5.82. The second-order valence-electron chi connectivity index (χ2n) is 3.97. The summed E-state index contributed by atoms with van der Waals surface area (Å²) in [5.74, 6) is 0.920. The molecule has 1 atom stereocenters. The first-order chi connectivity index (χ1) is 7.56. The minimum absolute atomic E-state index is 0.0661. The average molecular weight is 223 g/mol. The van der Waals surface area contributed by atoms with Crippen LogP contribution in [0.15, 0.2) is 16.5 Å². The van der Waals surface area contributed by atoms with E-state index in [1.54, 1.807) is 6.92 Å². The fourth-order valence-corrected chi connectivity index (χ4v) is 2.19. The zero-order valence-electron chi connectivity index (χ0n) is 10.8. The lowest BCUT2D eigenvalue weighted by Crippen LogP contribution is -2.48. The number of hydrogen-bond acceptors (Lipinski definition) is 3. The summed E-state index contributed by atoms with van der Waals surface area (Å²) in [6.07, 6.45) is 1.71. The van der Waals surface area contributed by atoms with E-state index in [1.165, 1.54) is 0 Å². The van der Waals surface area contributed by atoms with Crippen molar-refractivity contribution in [1.82, 2.24) is 10.2 Å². The first-order valence-electron chi connectivity index (χ1n) is 5.82. The molecule has 1 rings (SSSR count). The maximum Gasteiger partial charge on any atom is 0.225 e. The molecule has 1 heterocycles. The van der Waals surface area contributed by atoms with Crippen molar-refractivity contribution in [3.8, 4) is 0 Å². The molecular weight excluding hydrogens is 202 g/mol. The highest BCUT2D eigenvalue weighted by Gasteiger charge is 2.30. The number of hydrogen-bond donors (Lipinski definition) is 1. The Morgan fingerprint density at radius 3 is 2.50 bits per heavy atom. The van der Waals surface area contributed by atoms with E-state index in [0.29, 0.717) is 0 Å². The van der Waals surface area contributed by atoms with Crippen LogP contribution in [0.2, 0.25) is 0 Å². The molecule has 4 nitrogen and oxygen atoms in total. The molecular formula is C12H21N3O. The van der Waals surface area contributed by atoms with Crippen molar-refractivity contribution in [2.24, 2.45) is 4.99 Å². The van der Waals surface area contributed by atoms with Crippen LogP contribution in [0.25, 0.3) is 0 Å². The predicted molar refractivity (Wildman–Crippen MR) is 66.1 cm³/mol. The third-order valence-electron chi connectivity index (χ3n) is 2.92. The minimum Gasteiger partial charge on any atom is -0.373 e. The Morgan fingerprint density at radius 2 is 2.12 bits per heavy atom. The van der Waals surface area contributed by atoms with Gasteiger partial charge in [-0.3, -0.25) is 14.7 Å². The Balaban J connectivity index is 3.23. The van der Waals surface area contributed by atoms with Crippen LogP contribution in [-0.4, -0.2) is 29.6 Å². The van der Waals surface area contributed by atoms with Gasteiger partial charge in [-0.15, -0.1) is 0 Å². The van der Waals surface area contributed by atoms with Gasteiger partial charge < -0.3 is 5.32 Å². The Labute approximate surface area is 97.4 Å². The minimum atomic E-state index is 0.0661. The molecule has 0 saturated heterocycles. The summed E-state index contributed by atoms with van der Waals surface area (Å²) < 4.78 is 0. The summed E-state index contributed by atoms with van der Waals surface area (Å²) in [5, 5.41) is 3.10. The number of nitrogens with one attached hydrogen (secondary N) is 1. The highest BCUT2D eigenvalue weighted by molar-refractivity contribution is 5.93. The maximum atomic E-state index is 11.7. The van der Waals surface area contributed by atoms with E-state index in [4.69, 9.17) is 0 Å². The Morgan fingerprint density at radius 1 is 1.50 bits per heavy atom. The lowest BCUT2D eigenvalue weighted by atomic mass is 10.1. The average Bonchev–Trinajstić information content (AvgIpc) is 2.27. The number of carbonyl (C=O) groups excluding carboxylic acids is 1. The quantitative estimate of drug-likeness (QED) is 0.794. The molecule has 0 fully saturated rings. The van der Waals surface area contributed by atoms with Gasteiger partial charge in [0.2, 0.25) is 5.91 Å². The Bertz CT molecular complexity index is 344. The zero-order valence-corrected chi connectivity index (χ0v) is 10.8. The van der Waals surface area contributed by atoms with Gasteiger partial charge >= 0.3 is 0 Å². The van der Waals surface area contributed by atoms with Crippen molar-refractivity contribution in [1.29, 1.82) is 0 Å². The Hall–Kier alpha value is -1.32. The molecule has 16 heavy (non-hydrogen) atoms. The number of rotatable bonds is 3. The largest absolute Gasteiger partial charge is 0.373 e. The lowest BCUT2D eigenvalue weighted by Gasteiger charge is -2.36. The van der Waals surface area contributed by atoms with E-state index in [0.717, 1.165) is 30.1 Å². The van der Waals surface area contributed by atoms with Gasteiger partial charge in [0, 0.05) is 19.7 Å². The molecule has 0 aromatic carbocycles. The molecule has 1 unspecified atom stereocenters. The molecule has 1 amide bonds. The van der Waals surface area contributed by atoms with Gasteiger partial charge in [-0.05, 0) is 19.8 Å². The second-order valence-corrected chi connectivity index (χ2v) is 3.97. The van der Waals surface area contributed by atoms with Crippen molar-refractivity contribution >= 4 is 11.6 Å². The summed E-state index contributed by atoms with van der Waals surface area (Å²) in [4.78, 5) is 18.1. The molecule has 0 aromatic heterocycles. The van der Waals surface area contributed by atoms with Gasteiger partial charge in [0.25, 0.3) is 0 Å². The summed E-state index contributed by atoms with van der Waals surface area (Å²) in [6.45, 7) is 7.72. The van der Waals surface area contributed by atoms with E-state index >= 15 is 0 Å². The SMILES string of the molecule is CCC1=C(NC)N(C(C)=O)C(CC)C(C)=N1. The summed E-state index contributed by atoms with van der Waals surface area (Å²) in [5.41, 5.74) is 1.98. The normalized spacial score (nSPS) is 20.9. The molecule has 1 aliphatic rings. The topological polar surface area (TPSA) is 44.7 Å². The van der Waals surface area contributed by atoms with Crippen molar-refractivity contribution in [2.75, 3.05) is 7.05 Å². The predicted octanol–water partition coefficient (Wildman–Crippen LogP) is 1.89. The highest BCUT2D eigenvalue weighted by Crippen LogP contribution is 2.24. The van der Waals surface area contributed by atoms with Crippen LogP contribution in [0.1, 0.15) is 40.5 Å². The van der Waals surface area contributed by atoms with Gasteiger partial charge in [0.15, 0.2) is 0 Å². The van der Waals surface area contributed by atoms with Crippen LogP contribution in [0.3, 0.4) is 0 Å². The fourth-order valence-electron chi connectivity index (χ4n) is 2.19. The van der Waals surface area contributed by atoms with Crippen LogP contribution in [0, 0.1) is 0 Å².